The van der Waals surface area contributed by atoms with Gasteiger partial charge in [-0.05, 0) is 0 Å². The van der Waals surface area contributed by atoms with Crippen molar-refractivity contribution < 1.29 is 18.1 Å². The van der Waals surface area contributed by atoms with E-state index >= 15 is 0 Å². The summed E-state index contributed by atoms with van der Waals surface area (Å²) in [6.07, 6.45) is -3.00. The van der Waals surface area contributed by atoms with Gasteiger partial charge in [0, 0.05) is 6.20 Å². The van der Waals surface area contributed by atoms with Crippen molar-refractivity contribution >= 4 is 5.69 Å². The largest absolute Gasteiger partial charge is 0.312 e. The van der Waals surface area contributed by atoms with Crippen molar-refractivity contribution in [2.75, 3.05) is 0 Å². The molecule has 1 aromatic heterocycles. The highest BCUT2D eigenvalue weighted by Crippen LogP contribution is 2.29. The van der Waals surface area contributed by atoms with Crippen molar-refractivity contribution in [1.82, 2.24) is 4.98 Å². The average Bonchev–Trinajstić information content (AvgIpc) is 2.17. The van der Waals surface area contributed by atoms with E-state index in [1.807, 2.05) is 0 Å². The van der Waals surface area contributed by atoms with E-state index in [1.165, 1.54) is 0 Å². The minimum absolute atomic E-state index is 0.325. The fraction of sp³-hybridized carbons (Fsp3) is 0.250. The number of halogens is 3. The quantitative estimate of drug-likeness (QED) is 0.589. The molecule has 0 aliphatic rings. The normalized spacial score (nSPS) is 10.2. The molecule has 0 aromatic carbocycles. The molecule has 0 unspecified atom stereocenters. The van der Waals surface area contributed by atoms with Crippen LogP contribution in [0.15, 0.2) is 6.20 Å². The summed E-state index contributed by atoms with van der Waals surface area (Å²) in [7, 11) is 0. The predicted octanol–water partition coefficient (Wildman–Crippen LogP) is 2.13. The number of hydrogen-bond donors (Lipinski definition) is 0. The second-order valence-corrected chi connectivity index (χ2v) is 2.72. The molecule has 8 heteroatoms. The number of alkyl halides is 2. The summed E-state index contributed by atoms with van der Waals surface area (Å²) in [6.45, 7) is 0. The lowest BCUT2D eigenvalue weighted by Crippen LogP contribution is -2.05. The summed E-state index contributed by atoms with van der Waals surface area (Å²) in [5.41, 5.74) is -2.73. The van der Waals surface area contributed by atoms with Gasteiger partial charge in [-0.3, -0.25) is 15.1 Å². The first-order valence-corrected chi connectivity index (χ1v) is 3.95. The van der Waals surface area contributed by atoms with Crippen molar-refractivity contribution in [3.8, 4) is 6.07 Å². The van der Waals surface area contributed by atoms with Gasteiger partial charge in [-0.25, -0.2) is 8.78 Å². The van der Waals surface area contributed by atoms with Crippen molar-refractivity contribution in [3.05, 3.63) is 33.4 Å². The molecule has 0 aliphatic heterocycles. The maximum Gasteiger partial charge on any atom is 0.312 e. The van der Waals surface area contributed by atoms with Gasteiger partial charge in [-0.15, -0.1) is 0 Å². The minimum atomic E-state index is -3.24. The summed E-state index contributed by atoms with van der Waals surface area (Å²) >= 11 is 0. The smallest absolute Gasteiger partial charge is 0.258 e. The first-order chi connectivity index (χ1) is 7.49. The second-order valence-electron chi connectivity index (χ2n) is 2.72. The van der Waals surface area contributed by atoms with Crippen LogP contribution in [0.25, 0.3) is 0 Å². The van der Waals surface area contributed by atoms with E-state index in [-0.39, 0.29) is 5.56 Å². The molecule has 16 heavy (non-hydrogen) atoms. The van der Waals surface area contributed by atoms with Crippen LogP contribution in [0.3, 0.4) is 0 Å². The molecule has 84 valence electrons. The van der Waals surface area contributed by atoms with Gasteiger partial charge in [-0.1, -0.05) is 0 Å². The third kappa shape index (κ3) is 2.08. The highest BCUT2D eigenvalue weighted by Gasteiger charge is 2.28. The van der Waals surface area contributed by atoms with Gasteiger partial charge in [0.1, 0.15) is 5.69 Å². The summed E-state index contributed by atoms with van der Waals surface area (Å²) in [6, 6.07) is 1.56. The Morgan fingerprint density at radius 3 is 2.69 bits per heavy atom. The monoisotopic (exact) mass is 231 g/mol. The molecule has 1 rings (SSSR count). The maximum absolute atomic E-state index is 13.3. The lowest BCUT2D eigenvalue weighted by molar-refractivity contribution is -0.388. The van der Waals surface area contributed by atoms with Gasteiger partial charge in [0.05, 0.1) is 23.0 Å². The number of nitrogens with zero attached hydrogens (tertiary/aromatic N) is 3. The average molecular weight is 231 g/mol. The van der Waals surface area contributed by atoms with Crippen LogP contribution >= 0.6 is 0 Å². The Labute approximate surface area is 87.3 Å². The van der Waals surface area contributed by atoms with Gasteiger partial charge in [0.25, 0.3) is 6.43 Å². The van der Waals surface area contributed by atoms with Crippen LogP contribution in [0, 0.1) is 27.3 Å². The van der Waals surface area contributed by atoms with E-state index < -0.39 is 35.0 Å². The zero-order chi connectivity index (χ0) is 12.3. The highest BCUT2D eigenvalue weighted by atomic mass is 19.3. The number of aromatic nitrogens is 1. The molecule has 1 aromatic rings. The second kappa shape index (κ2) is 4.57. The maximum atomic E-state index is 13.3. The van der Waals surface area contributed by atoms with E-state index in [0.717, 1.165) is 0 Å². The molecule has 0 saturated heterocycles. The first-order valence-electron chi connectivity index (χ1n) is 3.95. The summed E-state index contributed by atoms with van der Waals surface area (Å²) in [5.74, 6) is -1.69. The fourth-order valence-corrected chi connectivity index (χ4v) is 1.09. The van der Waals surface area contributed by atoms with Crippen molar-refractivity contribution in [2.45, 2.75) is 12.8 Å². The van der Waals surface area contributed by atoms with Crippen molar-refractivity contribution in [1.29, 1.82) is 5.26 Å². The van der Waals surface area contributed by atoms with Crippen LogP contribution in [-0.4, -0.2) is 9.91 Å². The SMILES string of the molecule is N#CCc1cnc(C(F)F)c(F)c1[N+](=O)[O-]. The van der Waals surface area contributed by atoms with Gasteiger partial charge >= 0.3 is 5.69 Å². The molecule has 0 N–H and O–H groups in total. The molecule has 1 heterocycles. The molecule has 5 nitrogen and oxygen atoms in total. The van der Waals surface area contributed by atoms with Crippen molar-refractivity contribution in [2.24, 2.45) is 0 Å². The van der Waals surface area contributed by atoms with E-state index in [4.69, 9.17) is 5.26 Å². The Bertz CT molecular complexity index is 470. The Kier molecular flexibility index (Phi) is 3.40. The molecule has 0 spiro atoms. The number of nitriles is 1. The van der Waals surface area contributed by atoms with Crippen LogP contribution in [-0.2, 0) is 6.42 Å². The predicted molar refractivity (Wildman–Crippen MR) is 45.1 cm³/mol. The lowest BCUT2D eigenvalue weighted by atomic mass is 10.1. The number of hydrogen-bond acceptors (Lipinski definition) is 4. The van der Waals surface area contributed by atoms with Crippen LogP contribution in [0.5, 0.6) is 0 Å². The Balaban J connectivity index is 3.43. The van der Waals surface area contributed by atoms with Crippen LogP contribution < -0.4 is 0 Å². The zero-order valence-corrected chi connectivity index (χ0v) is 7.65. The highest BCUT2D eigenvalue weighted by molar-refractivity contribution is 5.43. The number of rotatable bonds is 3. The molecule has 0 saturated carbocycles. The Hall–Kier alpha value is -2.17. The Morgan fingerprint density at radius 2 is 2.25 bits per heavy atom. The topological polar surface area (TPSA) is 79.8 Å². The van der Waals surface area contributed by atoms with E-state index in [0.29, 0.717) is 6.20 Å². The van der Waals surface area contributed by atoms with Crippen LogP contribution in [0.2, 0.25) is 0 Å². The first kappa shape index (κ1) is 11.9. The molecular weight excluding hydrogens is 227 g/mol. The molecule has 0 aliphatic carbocycles. The van der Waals surface area contributed by atoms with Gasteiger partial charge in [-0.2, -0.15) is 9.65 Å². The molecule has 0 amide bonds. The summed E-state index contributed by atoms with van der Waals surface area (Å²) in [4.78, 5) is 12.4. The minimum Gasteiger partial charge on any atom is -0.258 e. The number of pyridine rings is 1. The molecule has 0 fully saturated rings. The molecule has 0 bridgehead atoms. The van der Waals surface area contributed by atoms with Crippen LogP contribution in [0.4, 0.5) is 18.9 Å². The van der Waals surface area contributed by atoms with Gasteiger partial charge in [0.15, 0.2) is 0 Å². The molecule has 0 atom stereocenters. The molecule has 0 radical (unpaired) electrons. The van der Waals surface area contributed by atoms with E-state index in [1.54, 1.807) is 6.07 Å². The standard InChI is InChI=1S/C8H4F3N3O2/c9-5-6(8(10)11)13-3-4(1-2-12)7(5)14(15)16/h3,8H,1H2. The zero-order valence-electron chi connectivity index (χ0n) is 7.65. The van der Waals surface area contributed by atoms with Crippen LogP contribution in [0.1, 0.15) is 17.7 Å². The number of nitro groups is 1. The van der Waals surface area contributed by atoms with Crippen molar-refractivity contribution in [3.63, 3.8) is 0 Å². The third-order valence-electron chi connectivity index (χ3n) is 1.76. The summed E-state index contributed by atoms with van der Waals surface area (Å²) in [5, 5.41) is 18.8. The third-order valence-corrected chi connectivity index (χ3v) is 1.76. The summed E-state index contributed by atoms with van der Waals surface area (Å²) < 4.78 is 37.7. The van der Waals surface area contributed by atoms with E-state index in [2.05, 4.69) is 4.98 Å². The lowest BCUT2D eigenvalue weighted by Gasteiger charge is -2.03. The van der Waals surface area contributed by atoms with Gasteiger partial charge in [0.2, 0.25) is 5.82 Å². The van der Waals surface area contributed by atoms with E-state index in [9.17, 15) is 23.3 Å². The molecular formula is C8H4F3N3O2. The fourth-order valence-electron chi connectivity index (χ4n) is 1.09. The van der Waals surface area contributed by atoms with Gasteiger partial charge < -0.3 is 0 Å². The Morgan fingerprint density at radius 1 is 1.62 bits per heavy atom.